The van der Waals surface area contributed by atoms with Crippen LogP contribution in [0.25, 0.3) is 0 Å². The van der Waals surface area contributed by atoms with Crippen LogP contribution in [0.4, 0.5) is 0 Å². The zero-order chi connectivity index (χ0) is 17.0. The molecule has 0 spiro atoms. The van der Waals surface area contributed by atoms with Crippen molar-refractivity contribution < 1.29 is 28.5 Å². The number of hydrogen-bond donors (Lipinski definition) is 0. The second kappa shape index (κ2) is 7.00. The summed E-state index contributed by atoms with van der Waals surface area (Å²) in [6.45, 7) is 5.43. The van der Waals surface area contributed by atoms with Crippen LogP contribution in [0.2, 0.25) is 0 Å². The van der Waals surface area contributed by atoms with Gasteiger partial charge in [0.15, 0.2) is 0 Å². The molecule has 0 radical (unpaired) electrons. The molecule has 126 valence electrons. The minimum Gasteiger partial charge on any atom is -0.497 e. The van der Waals surface area contributed by atoms with E-state index in [1.165, 1.54) is 6.92 Å². The average molecular weight is 322 g/mol. The van der Waals surface area contributed by atoms with Gasteiger partial charge in [0.1, 0.15) is 5.75 Å². The Morgan fingerprint density at radius 3 is 2.52 bits per heavy atom. The summed E-state index contributed by atoms with van der Waals surface area (Å²) in [6.07, 6.45) is -0.852. The van der Waals surface area contributed by atoms with Crippen molar-refractivity contribution in [1.29, 1.82) is 0 Å². The summed E-state index contributed by atoms with van der Waals surface area (Å²) >= 11 is 0. The van der Waals surface area contributed by atoms with Gasteiger partial charge < -0.3 is 18.9 Å². The van der Waals surface area contributed by atoms with Gasteiger partial charge in [-0.3, -0.25) is 9.59 Å². The monoisotopic (exact) mass is 322 g/mol. The first kappa shape index (κ1) is 17.3. The van der Waals surface area contributed by atoms with Crippen LogP contribution in [0.1, 0.15) is 26.3 Å². The lowest BCUT2D eigenvalue weighted by Gasteiger charge is -2.25. The van der Waals surface area contributed by atoms with E-state index in [-0.39, 0.29) is 12.5 Å². The molecule has 0 amide bonds. The first-order valence-electron chi connectivity index (χ1n) is 7.46. The van der Waals surface area contributed by atoms with Gasteiger partial charge in [0.2, 0.25) is 0 Å². The highest BCUT2D eigenvalue weighted by Crippen LogP contribution is 2.40. The van der Waals surface area contributed by atoms with Crippen molar-refractivity contribution in [3.63, 3.8) is 0 Å². The minimum atomic E-state index is -0.852. The maximum absolute atomic E-state index is 12.1. The minimum absolute atomic E-state index is 0.191. The van der Waals surface area contributed by atoms with Crippen molar-refractivity contribution in [3.05, 3.63) is 29.8 Å². The highest BCUT2D eigenvalue weighted by atomic mass is 16.7. The van der Waals surface area contributed by atoms with Gasteiger partial charge >= 0.3 is 11.9 Å². The third kappa shape index (κ3) is 3.82. The Bertz CT molecular complexity index is 567. The van der Waals surface area contributed by atoms with Crippen LogP contribution >= 0.6 is 0 Å². The highest BCUT2D eigenvalue weighted by molar-refractivity contribution is 5.79. The largest absolute Gasteiger partial charge is 0.497 e. The molecule has 0 aromatic heterocycles. The van der Waals surface area contributed by atoms with E-state index in [2.05, 4.69) is 0 Å². The summed E-state index contributed by atoms with van der Waals surface area (Å²) in [5.74, 6) is -0.392. The van der Waals surface area contributed by atoms with Crippen LogP contribution < -0.4 is 4.74 Å². The van der Waals surface area contributed by atoms with Gasteiger partial charge in [-0.2, -0.15) is 0 Å². The molecule has 6 nitrogen and oxygen atoms in total. The molecule has 2 rings (SSSR count). The van der Waals surface area contributed by atoms with Gasteiger partial charge in [-0.25, -0.2) is 0 Å². The third-order valence-electron chi connectivity index (χ3n) is 4.21. The normalized spacial score (nSPS) is 26.7. The van der Waals surface area contributed by atoms with Crippen LogP contribution in [-0.4, -0.2) is 31.9 Å². The number of carbonyl (C=O) groups excluding carboxylic acids is 2. The predicted octanol–water partition coefficient (Wildman–Crippen LogP) is 2.30. The SMILES string of the molecule is COc1ccc(COC[C@@]2(C)C(=O)O[C@@H](OC(C)=O)[C@H]2C)cc1. The molecule has 23 heavy (non-hydrogen) atoms. The number of cyclic esters (lactones) is 1. The molecular formula is C17H22O6. The van der Waals surface area contributed by atoms with Gasteiger partial charge in [-0.15, -0.1) is 0 Å². The molecule has 1 aromatic carbocycles. The number of hydrogen-bond acceptors (Lipinski definition) is 6. The van der Waals surface area contributed by atoms with E-state index in [9.17, 15) is 9.59 Å². The predicted molar refractivity (Wildman–Crippen MR) is 81.6 cm³/mol. The maximum atomic E-state index is 12.1. The molecule has 1 aliphatic rings. The van der Waals surface area contributed by atoms with Crippen LogP contribution in [0, 0.1) is 11.3 Å². The van der Waals surface area contributed by atoms with Crippen LogP contribution in [0.3, 0.4) is 0 Å². The fourth-order valence-electron chi connectivity index (χ4n) is 2.41. The van der Waals surface area contributed by atoms with E-state index >= 15 is 0 Å². The Hall–Kier alpha value is -2.08. The Balaban J connectivity index is 1.92. The molecule has 0 N–H and O–H groups in total. The summed E-state index contributed by atoms with van der Waals surface area (Å²) in [6, 6.07) is 7.51. The van der Waals surface area contributed by atoms with Crippen LogP contribution in [-0.2, 0) is 30.4 Å². The average Bonchev–Trinajstić information content (AvgIpc) is 2.72. The van der Waals surface area contributed by atoms with Gasteiger partial charge in [0.05, 0.1) is 25.7 Å². The Morgan fingerprint density at radius 1 is 1.30 bits per heavy atom. The van der Waals surface area contributed by atoms with E-state index < -0.39 is 23.6 Å². The number of ether oxygens (including phenoxy) is 4. The zero-order valence-electron chi connectivity index (χ0n) is 13.8. The van der Waals surface area contributed by atoms with Gasteiger partial charge in [-0.1, -0.05) is 19.1 Å². The molecule has 0 bridgehead atoms. The molecule has 6 heteroatoms. The topological polar surface area (TPSA) is 71.1 Å². The Labute approximate surface area is 135 Å². The van der Waals surface area contributed by atoms with E-state index in [0.29, 0.717) is 6.61 Å². The molecule has 1 fully saturated rings. The summed E-state index contributed by atoms with van der Waals surface area (Å²) < 4.78 is 21.0. The second-order valence-electron chi connectivity index (χ2n) is 5.93. The first-order valence-corrected chi connectivity index (χ1v) is 7.46. The number of rotatable bonds is 6. The first-order chi connectivity index (χ1) is 10.9. The molecule has 1 heterocycles. The van der Waals surface area contributed by atoms with Crippen molar-refractivity contribution in [2.75, 3.05) is 13.7 Å². The Morgan fingerprint density at radius 2 is 1.96 bits per heavy atom. The van der Waals surface area contributed by atoms with Crippen molar-refractivity contribution >= 4 is 11.9 Å². The lowest BCUT2D eigenvalue weighted by atomic mass is 9.80. The number of methoxy groups -OCH3 is 1. The number of carbonyl (C=O) groups is 2. The van der Waals surface area contributed by atoms with E-state index in [4.69, 9.17) is 18.9 Å². The quantitative estimate of drug-likeness (QED) is 0.748. The van der Waals surface area contributed by atoms with Crippen molar-refractivity contribution in [2.24, 2.45) is 11.3 Å². The van der Waals surface area contributed by atoms with E-state index in [1.54, 1.807) is 14.0 Å². The molecule has 1 aliphatic heterocycles. The third-order valence-corrected chi connectivity index (χ3v) is 4.21. The molecule has 0 aliphatic carbocycles. The highest BCUT2D eigenvalue weighted by Gasteiger charge is 2.53. The lowest BCUT2D eigenvalue weighted by Crippen LogP contribution is -2.35. The van der Waals surface area contributed by atoms with Gasteiger partial charge in [0, 0.05) is 12.8 Å². The maximum Gasteiger partial charge on any atom is 0.317 e. The molecule has 3 atom stereocenters. The smallest absolute Gasteiger partial charge is 0.317 e. The summed E-state index contributed by atoms with van der Waals surface area (Å²) in [5, 5.41) is 0. The fourth-order valence-corrected chi connectivity index (χ4v) is 2.41. The van der Waals surface area contributed by atoms with Gasteiger partial charge in [-0.05, 0) is 24.6 Å². The summed E-state index contributed by atoms with van der Waals surface area (Å²) in [5.41, 5.74) is 0.136. The van der Waals surface area contributed by atoms with Crippen LogP contribution in [0.15, 0.2) is 24.3 Å². The molecule has 0 saturated carbocycles. The van der Waals surface area contributed by atoms with E-state index in [0.717, 1.165) is 11.3 Å². The number of benzene rings is 1. The summed E-state index contributed by atoms with van der Waals surface area (Å²) in [4.78, 5) is 23.2. The fraction of sp³-hybridized carbons (Fsp3) is 0.529. The molecule has 1 saturated heterocycles. The number of esters is 2. The molecule has 1 aromatic rings. The Kier molecular flexibility index (Phi) is 5.26. The second-order valence-corrected chi connectivity index (χ2v) is 5.93. The standard InChI is InChI=1S/C17H22O6/c1-11-15(22-12(2)18)23-16(19)17(11,3)10-21-9-13-5-7-14(20-4)8-6-13/h5-8,11,15H,9-10H2,1-4H3/t11-,15-,17-/m1/s1. The summed E-state index contributed by atoms with van der Waals surface area (Å²) in [7, 11) is 1.61. The van der Waals surface area contributed by atoms with Gasteiger partial charge in [0.25, 0.3) is 6.29 Å². The van der Waals surface area contributed by atoms with Crippen molar-refractivity contribution in [1.82, 2.24) is 0 Å². The molecule has 0 unspecified atom stereocenters. The lowest BCUT2D eigenvalue weighted by molar-refractivity contribution is -0.179. The van der Waals surface area contributed by atoms with E-state index in [1.807, 2.05) is 31.2 Å². The zero-order valence-corrected chi connectivity index (χ0v) is 13.8. The molecular weight excluding hydrogens is 300 g/mol. The van der Waals surface area contributed by atoms with Crippen molar-refractivity contribution in [2.45, 2.75) is 33.7 Å². The van der Waals surface area contributed by atoms with Crippen LogP contribution in [0.5, 0.6) is 5.75 Å². The van der Waals surface area contributed by atoms with Crippen molar-refractivity contribution in [3.8, 4) is 5.75 Å².